The van der Waals surface area contributed by atoms with E-state index in [1.807, 2.05) is 11.3 Å². The molecule has 0 amide bonds. The predicted molar refractivity (Wildman–Crippen MR) is 243 cm³/mol. The summed E-state index contributed by atoms with van der Waals surface area (Å²) in [4.78, 5) is 0. The lowest BCUT2D eigenvalue weighted by Crippen LogP contribution is -2.15. The number of thiophene rings is 1. The highest BCUT2D eigenvalue weighted by Crippen LogP contribution is 2.54. The molecule has 1 aliphatic rings. The van der Waals surface area contributed by atoms with Crippen molar-refractivity contribution in [1.29, 1.82) is 0 Å². The molecule has 1 aromatic heterocycles. The van der Waals surface area contributed by atoms with E-state index in [1.165, 1.54) is 119 Å². The minimum absolute atomic E-state index is 0.114. The van der Waals surface area contributed by atoms with Crippen LogP contribution < -0.4 is 0 Å². The van der Waals surface area contributed by atoms with Crippen LogP contribution in [0.2, 0.25) is 0 Å². The van der Waals surface area contributed by atoms with E-state index in [2.05, 4.69) is 196 Å². The molecule has 0 N–H and O–H groups in total. The topological polar surface area (TPSA) is 0 Å². The highest BCUT2D eigenvalue weighted by Gasteiger charge is 2.37. The molecular formula is C55H36S. The Morgan fingerprint density at radius 3 is 1.71 bits per heavy atom. The van der Waals surface area contributed by atoms with Gasteiger partial charge in [-0.25, -0.2) is 0 Å². The molecule has 262 valence electrons. The van der Waals surface area contributed by atoms with Gasteiger partial charge < -0.3 is 0 Å². The molecule has 1 aliphatic carbocycles. The molecule has 0 bridgehead atoms. The number of hydrogen-bond donors (Lipinski definition) is 0. The Hall–Kier alpha value is -6.54. The average molecular weight is 729 g/mol. The SMILES string of the molecule is CC1(C)c2ccc(-c3ccc(-c4c5ccccc5c(-c5cccc6ccccc56)c5ccccc45)cc3)cc2-c2ccc3ccc4c5ccccc5sc4c3c21. The maximum Gasteiger partial charge on any atom is 0.0437 e. The molecular weight excluding hydrogens is 693 g/mol. The molecule has 0 saturated carbocycles. The summed E-state index contributed by atoms with van der Waals surface area (Å²) in [6, 6.07) is 68.1. The van der Waals surface area contributed by atoms with Gasteiger partial charge in [-0.1, -0.05) is 184 Å². The van der Waals surface area contributed by atoms with Gasteiger partial charge in [-0.15, -0.1) is 11.3 Å². The summed E-state index contributed by atoms with van der Waals surface area (Å²) < 4.78 is 2.76. The first-order valence-electron chi connectivity index (χ1n) is 19.6. The van der Waals surface area contributed by atoms with Crippen LogP contribution in [-0.4, -0.2) is 0 Å². The van der Waals surface area contributed by atoms with Gasteiger partial charge in [-0.05, 0) is 105 Å². The van der Waals surface area contributed by atoms with Crippen molar-refractivity contribution in [1.82, 2.24) is 0 Å². The van der Waals surface area contributed by atoms with Gasteiger partial charge in [0.2, 0.25) is 0 Å². The summed E-state index contributed by atoms with van der Waals surface area (Å²) in [5, 5.41) is 13.1. The molecule has 12 rings (SSSR count). The molecule has 0 fully saturated rings. The Bertz CT molecular complexity index is 3370. The Balaban J connectivity index is 1.00. The Morgan fingerprint density at radius 2 is 0.964 bits per heavy atom. The Morgan fingerprint density at radius 1 is 0.375 bits per heavy atom. The van der Waals surface area contributed by atoms with Gasteiger partial charge in [-0.3, -0.25) is 0 Å². The van der Waals surface area contributed by atoms with E-state index in [-0.39, 0.29) is 5.41 Å². The van der Waals surface area contributed by atoms with E-state index in [4.69, 9.17) is 0 Å². The van der Waals surface area contributed by atoms with Crippen LogP contribution in [0.5, 0.6) is 0 Å². The first kappa shape index (κ1) is 31.8. The van der Waals surface area contributed by atoms with Gasteiger partial charge in [0.1, 0.15) is 0 Å². The van der Waals surface area contributed by atoms with Crippen LogP contribution >= 0.6 is 11.3 Å². The molecule has 10 aromatic carbocycles. The monoisotopic (exact) mass is 728 g/mol. The second kappa shape index (κ2) is 11.7. The third kappa shape index (κ3) is 4.41. The molecule has 0 nitrogen and oxygen atoms in total. The van der Waals surface area contributed by atoms with Crippen LogP contribution in [0.3, 0.4) is 0 Å². The second-order valence-electron chi connectivity index (χ2n) is 16.0. The zero-order valence-corrected chi connectivity index (χ0v) is 32.0. The third-order valence-corrected chi connectivity index (χ3v) is 13.8. The molecule has 56 heavy (non-hydrogen) atoms. The first-order valence-corrected chi connectivity index (χ1v) is 20.4. The van der Waals surface area contributed by atoms with Gasteiger partial charge in [0.05, 0.1) is 0 Å². The van der Waals surface area contributed by atoms with Gasteiger partial charge >= 0.3 is 0 Å². The fraction of sp³-hybridized carbons (Fsp3) is 0.0545. The highest BCUT2D eigenvalue weighted by atomic mass is 32.1. The van der Waals surface area contributed by atoms with Crippen molar-refractivity contribution in [2.45, 2.75) is 19.3 Å². The second-order valence-corrected chi connectivity index (χ2v) is 17.0. The minimum Gasteiger partial charge on any atom is -0.135 e. The lowest BCUT2D eigenvalue weighted by atomic mass is 9.80. The molecule has 0 atom stereocenters. The van der Waals surface area contributed by atoms with Crippen molar-refractivity contribution in [2.24, 2.45) is 0 Å². The van der Waals surface area contributed by atoms with E-state index in [1.54, 1.807) is 0 Å². The van der Waals surface area contributed by atoms with E-state index < -0.39 is 0 Å². The average Bonchev–Trinajstić information content (AvgIpc) is 3.74. The summed E-state index contributed by atoms with van der Waals surface area (Å²) in [6.07, 6.45) is 0. The van der Waals surface area contributed by atoms with Crippen molar-refractivity contribution < 1.29 is 0 Å². The smallest absolute Gasteiger partial charge is 0.0437 e. The fourth-order valence-corrected chi connectivity index (χ4v) is 11.4. The summed E-state index contributed by atoms with van der Waals surface area (Å²) in [7, 11) is 0. The quantitative estimate of drug-likeness (QED) is 0.159. The lowest BCUT2D eigenvalue weighted by Gasteiger charge is -2.23. The normalized spacial score (nSPS) is 13.3. The summed E-state index contributed by atoms with van der Waals surface area (Å²) in [5.41, 5.74) is 13.1. The standard InChI is InChI=1S/C55H36S/c1-55(2)48-31-28-37(32-47(48)45-29-26-36-27-30-46-39-15-9-10-21-49(39)56-54(46)51(36)53(45)55)33-22-24-35(25-23-33)50-41-16-5-7-18-43(41)52(44-19-8-6-17-42(44)50)40-20-11-13-34-12-3-4-14-38(34)40/h3-32H,1-2H3. The maximum atomic E-state index is 2.44. The number of benzene rings is 10. The number of rotatable bonds is 3. The molecule has 1 heteroatoms. The molecule has 0 saturated heterocycles. The van der Waals surface area contributed by atoms with Crippen LogP contribution in [-0.2, 0) is 5.41 Å². The van der Waals surface area contributed by atoms with Gasteiger partial charge in [0, 0.05) is 31.0 Å². The van der Waals surface area contributed by atoms with Crippen molar-refractivity contribution in [3.05, 3.63) is 193 Å². The van der Waals surface area contributed by atoms with Crippen LogP contribution in [0.15, 0.2) is 182 Å². The fourth-order valence-electron chi connectivity index (χ4n) is 10.1. The van der Waals surface area contributed by atoms with E-state index in [0.29, 0.717) is 0 Å². The maximum absolute atomic E-state index is 2.44. The van der Waals surface area contributed by atoms with Crippen molar-refractivity contribution in [3.8, 4) is 44.5 Å². The van der Waals surface area contributed by atoms with E-state index in [9.17, 15) is 0 Å². The zero-order chi connectivity index (χ0) is 37.1. The predicted octanol–water partition coefficient (Wildman–Crippen LogP) is 16.0. The number of fused-ring (bicyclic) bond motifs is 12. The van der Waals surface area contributed by atoms with Crippen molar-refractivity contribution in [2.75, 3.05) is 0 Å². The summed E-state index contributed by atoms with van der Waals surface area (Å²) in [5.74, 6) is 0. The molecule has 0 spiro atoms. The Labute approximate surface area is 329 Å². The molecule has 0 unspecified atom stereocenters. The van der Waals surface area contributed by atoms with Crippen molar-refractivity contribution >= 4 is 74.6 Å². The van der Waals surface area contributed by atoms with E-state index in [0.717, 1.165) is 0 Å². The van der Waals surface area contributed by atoms with Crippen LogP contribution in [0.4, 0.5) is 0 Å². The zero-order valence-electron chi connectivity index (χ0n) is 31.2. The van der Waals surface area contributed by atoms with Crippen LogP contribution in [0, 0.1) is 0 Å². The van der Waals surface area contributed by atoms with Gasteiger partial charge in [0.25, 0.3) is 0 Å². The minimum atomic E-state index is -0.114. The number of hydrogen-bond acceptors (Lipinski definition) is 1. The molecule has 0 radical (unpaired) electrons. The largest absolute Gasteiger partial charge is 0.135 e. The third-order valence-electron chi connectivity index (χ3n) is 12.6. The van der Waals surface area contributed by atoms with Crippen LogP contribution in [0.1, 0.15) is 25.0 Å². The van der Waals surface area contributed by atoms with Gasteiger partial charge in [-0.2, -0.15) is 0 Å². The molecule has 1 heterocycles. The summed E-state index contributed by atoms with van der Waals surface area (Å²) in [6.45, 7) is 4.83. The van der Waals surface area contributed by atoms with Gasteiger partial charge in [0.15, 0.2) is 0 Å². The van der Waals surface area contributed by atoms with Crippen LogP contribution in [0.25, 0.3) is 108 Å². The van der Waals surface area contributed by atoms with Crippen molar-refractivity contribution in [3.63, 3.8) is 0 Å². The Kier molecular flexibility index (Phi) is 6.66. The van der Waals surface area contributed by atoms with E-state index >= 15 is 0 Å². The first-order chi connectivity index (χ1) is 27.5. The highest BCUT2D eigenvalue weighted by molar-refractivity contribution is 7.26. The summed E-state index contributed by atoms with van der Waals surface area (Å²) >= 11 is 1.94. The lowest BCUT2D eigenvalue weighted by molar-refractivity contribution is 0.667. The molecule has 0 aliphatic heterocycles. The molecule has 11 aromatic rings.